The van der Waals surface area contributed by atoms with Crippen LogP contribution in [0, 0.1) is 0 Å². The van der Waals surface area contributed by atoms with Crippen LogP contribution in [0.15, 0.2) is 24.3 Å². The van der Waals surface area contributed by atoms with Gasteiger partial charge in [0.15, 0.2) is 0 Å². The Bertz CT molecular complexity index is 309. The van der Waals surface area contributed by atoms with Crippen LogP contribution in [-0.4, -0.2) is 13.2 Å². The van der Waals surface area contributed by atoms with E-state index < -0.39 is 18.4 Å². The number of benzene rings is 1. The van der Waals surface area contributed by atoms with Gasteiger partial charge in [-0.25, -0.2) is 0 Å². The number of rotatable bonds is 4. The molecule has 0 amide bonds. The van der Waals surface area contributed by atoms with E-state index in [-0.39, 0.29) is 18.7 Å². The smallest absolute Gasteiger partial charge is 0.384 e. The first-order valence-electron chi connectivity index (χ1n) is 4.52. The summed E-state index contributed by atoms with van der Waals surface area (Å²) >= 11 is 0. The zero-order chi connectivity index (χ0) is 11.3. The Hall–Kier alpha value is -1.26. The predicted octanol–water partition coefficient (Wildman–Crippen LogP) is 3.48. The molecule has 1 aromatic rings. The van der Waals surface area contributed by atoms with E-state index in [1.807, 2.05) is 0 Å². The molecule has 1 aromatic carbocycles. The first kappa shape index (κ1) is 11.8. The number of para-hydroxylation sites is 1. The number of nitrogens with one attached hydrogen (secondary N) is 1. The van der Waals surface area contributed by atoms with Crippen LogP contribution >= 0.6 is 0 Å². The maximum Gasteiger partial charge on any atom is 0.418 e. The summed E-state index contributed by atoms with van der Waals surface area (Å²) in [6, 6.07) is 5.16. The van der Waals surface area contributed by atoms with Crippen molar-refractivity contribution >= 4 is 5.69 Å². The maximum atomic E-state index is 12.4. The Labute approximate surface area is 85.1 Å². The van der Waals surface area contributed by atoms with Crippen LogP contribution in [0.3, 0.4) is 0 Å². The molecule has 1 rings (SSSR count). The highest BCUT2D eigenvalue weighted by molar-refractivity contribution is 5.52. The minimum atomic E-state index is -4.38. The zero-order valence-corrected chi connectivity index (χ0v) is 7.94. The molecule has 0 unspecified atom stereocenters. The van der Waals surface area contributed by atoms with Crippen molar-refractivity contribution in [3.8, 4) is 0 Å². The van der Waals surface area contributed by atoms with E-state index in [1.165, 1.54) is 18.2 Å². The maximum absolute atomic E-state index is 12.4. The zero-order valence-electron chi connectivity index (χ0n) is 7.94. The van der Waals surface area contributed by atoms with Crippen molar-refractivity contribution in [1.29, 1.82) is 0 Å². The lowest BCUT2D eigenvalue weighted by molar-refractivity contribution is -0.136. The van der Waals surface area contributed by atoms with E-state index in [1.54, 1.807) is 0 Å². The minimum absolute atomic E-state index is 0.00144. The van der Waals surface area contributed by atoms with Crippen molar-refractivity contribution in [2.75, 3.05) is 18.5 Å². The summed E-state index contributed by atoms with van der Waals surface area (Å²) < 4.78 is 49.1. The van der Waals surface area contributed by atoms with Crippen LogP contribution in [-0.2, 0) is 6.18 Å². The van der Waals surface area contributed by atoms with Gasteiger partial charge < -0.3 is 5.32 Å². The number of hydrogen-bond donors (Lipinski definition) is 1. The normalized spacial score (nSPS) is 11.5. The second-order valence-corrected chi connectivity index (χ2v) is 3.01. The molecule has 0 bridgehead atoms. The SMILES string of the molecule is FCCCNc1ccccc1C(F)(F)F. The molecule has 0 aliphatic carbocycles. The molecule has 0 saturated carbocycles. The molecule has 0 heterocycles. The average molecular weight is 221 g/mol. The lowest BCUT2D eigenvalue weighted by Gasteiger charge is -2.13. The highest BCUT2D eigenvalue weighted by Crippen LogP contribution is 2.34. The molecule has 0 aliphatic heterocycles. The third kappa shape index (κ3) is 3.42. The van der Waals surface area contributed by atoms with Crippen LogP contribution in [0.25, 0.3) is 0 Å². The van der Waals surface area contributed by atoms with Crippen LogP contribution in [0.1, 0.15) is 12.0 Å². The summed E-state index contributed by atoms with van der Waals surface area (Å²) in [6.45, 7) is -0.342. The number of anilines is 1. The number of hydrogen-bond acceptors (Lipinski definition) is 1. The molecule has 0 saturated heterocycles. The Morgan fingerprint density at radius 3 is 2.40 bits per heavy atom. The van der Waals surface area contributed by atoms with Gasteiger partial charge in [0.25, 0.3) is 0 Å². The molecule has 0 aliphatic rings. The van der Waals surface area contributed by atoms with Gasteiger partial charge in [0, 0.05) is 12.2 Å². The van der Waals surface area contributed by atoms with Crippen molar-refractivity contribution in [3.05, 3.63) is 29.8 Å². The summed E-state index contributed by atoms with van der Waals surface area (Å²) in [4.78, 5) is 0. The highest BCUT2D eigenvalue weighted by Gasteiger charge is 2.32. The third-order valence-corrected chi connectivity index (χ3v) is 1.86. The molecule has 0 fully saturated rings. The van der Waals surface area contributed by atoms with Gasteiger partial charge >= 0.3 is 6.18 Å². The molecule has 0 aromatic heterocycles. The van der Waals surface area contributed by atoms with E-state index in [0.717, 1.165) is 6.07 Å². The molecule has 5 heteroatoms. The van der Waals surface area contributed by atoms with Crippen LogP contribution in [0.5, 0.6) is 0 Å². The number of alkyl halides is 4. The molecule has 0 radical (unpaired) electrons. The standard InChI is InChI=1S/C10H11F4N/c11-6-3-7-15-9-5-2-1-4-8(9)10(12,13)14/h1-2,4-5,15H,3,6-7H2. The Kier molecular flexibility index (Phi) is 3.94. The minimum Gasteiger partial charge on any atom is -0.384 e. The molecule has 15 heavy (non-hydrogen) atoms. The lowest BCUT2D eigenvalue weighted by Crippen LogP contribution is -2.11. The monoisotopic (exact) mass is 221 g/mol. The van der Waals surface area contributed by atoms with Gasteiger partial charge in [-0.2, -0.15) is 13.2 Å². The predicted molar refractivity (Wildman–Crippen MR) is 50.5 cm³/mol. The Morgan fingerprint density at radius 1 is 1.13 bits per heavy atom. The summed E-state index contributed by atoms with van der Waals surface area (Å²) in [6.07, 6.45) is -4.18. The summed E-state index contributed by atoms with van der Waals surface area (Å²) in [5, 5.41) is 2.56. The molecule has 0 spiro atoms. The van der Waals surface area contributed by atoms with E-state index in [9.17, 15) is 17.6 Å². The van der Waals surface area contributed by atoms with E-state index in [4.69, 9.17) is 0 Å². The van der Waals surface area contributed by atoms with Crippen molar-refractivity contribution < 1.29 is 17.6 Å². The van der Waals surface area contributed by atoms with E-state index >= 15 is 0 Å². The highest BCUT2D eigenvalue weighted by atomic mass is 19.4. The molecule has 1 N–H and O–H groups in total. The third-order valence-electron chi connectivity index (χ3n) is 1.86. The molecule has 1 nitrogen and oxygen atoms in total. The van der Waals surface area contributed by atoms with Crippen molar-refractivity contribution in [2.24, 2.45) is 0 Å². The first-order chi connectivity index (χ1) is 7.05. The first-order valence-corrected chi connectivity index (χ1v) is 4.52. The molecular formula is C10H11F4N. The second kappa shape index (κ2) is 5.00. The van der Waals surface area contributed by atoms with E-state index in [2.05, 4.69) is 5.32 Å². The average Bonchev–Trinajstić information content (AvgIpc) is 2.17. The van der Waals surface area contributed by atoms with Gasteiger partial charge in [0.1, 0.15) is 0 Å². The lowest BCUT2D eigenvalue weighted by atomic mass is 10.1. The van der Waals surface area contributed by atoms with Gasteiger partial charge in [-0.3, -0.25) is 4.39 Å². The second-order valence-electron chi connectivity index (χ2n) is 3.01. The van der Waals surface area contributed by atoms with Gasteiger partial charge in [-0.1, -0.05) is 12.1 Å². The summed E-state index contributed by atoms with van der Waals surface area (Å²) in [5.41, 5.74) is -0.720. The van der Waals surface area contributed by atoms with Crippen molar-refractivity contribution in [3.63, 3.8) is 0 Å². The van der Waals surface area contributed by atoms with Gasteiger partial charge in [0.2, 0.25) is 0 Å². The Balaban J connectivity index is 2.78. The van der Waals surface area contributed by atoms with Gasteiger partial charge in [0.05, 0.1) is 12.2 Å². The Morgan fingerprint density at radius 2 is 1.80 bits per heavy atom. The van der Waals surface area contributed by atoms with Crippen molar-refractivity contribution in [1.82, 2.24) is 0 Å². The number of halogens is 4. The molecular weight excluding hydrogens is 210 g/mol. The summed E-state index contributed by atoms with van der Waals surface area (Å²) in [5.74, 6) is 0. The fourth-order valence-corrected chi connectivity index (χ4v) is 1.17. The van der Waals surface area contributed by atoms with Crippen LogP contribution < -0.4 is 5.32 Å². The largest absolute Gasteiger partial charge is 0.418 e. The van der Waals surface area contributed by atoms with Gasteiger partial charge in [-0.15, -0.1) is 0 Å². The molecule has 0 atom stereocenters. The van der Waals surface area contributed by atoms with Crippen molar-refractivity contribution in [2.45, 2.75) is 12.6 Å². The fourth-order valence-electron chi connectivity index (χ4n) is 1.17. The van der Waals surface area contributed by atoms with Crippen LogP contribution in [0.4, 0.5) is 23.2 Å². The topological polar surface area (TPSA) is 12.0 Å². The van der Waals surface area contributed by atoms with E-state index in [0.29, 0.717) is 0 Å². The molecule has 84 valence electrons. The fraction of sp³-hybridized carbons (Fsp3) is 0.400. The van der Waals surface area contributed by atoms with Gasteiger partial charge in [-0.05, 0) is 18.6 Å². The summed E-state index contributed by atoms with van der Waals surface area (Å²) in [7, 11) is 0. The van der Waals surface area contributed by atoms with Crippen LogP contribution in [0.2, 0.25) is 0 Å². The quantitative estimate of drug-likeness (QED) is 0.606.